The molecule has 0 atom stereocenters. The van der Waals surface area contributed by atoms with Crippen LogP contribution in [-0.4, -0.2) is 23.1 Å². The fourth-order valence-electron chi connectivity index (χ4n) is 1.79. The van der Waals surface area contributed by atoms with Crippen molar-refractivity contribution in [1.29, 1.82) is 0 Å². The fourth-order valence-corrected chi connectivity index (χ4v) is 2.93. The van der Waals surface area contributed by atoms with Gasteiger partial charge in [0.2, 0.25) is 0 Å². The van der Waals surface area contributed by atoms with E-state index < -0.39 is 0 Å². The molecule has 0 aromatic carbocycles. The topological polar surface area (TPSA) is 35.2 Å². The number of hydrogen-bond acceptors (Lipinski definition) is 2. The van der Waals surface area contributed by atoms with Gasteiger partial charge in [-0.1, -0.05) is 15.9 Å². The molecule has 0 unspecified atom stereocenters. The largest absolute Gasteiger partial charge is 0.372 e. The molecule has 3 heteroatoms. The Balaban J connectivity index is 2.12. The van der Waals surface area contributed by atoms with Crippen molar-refractivity contribution in [1.82, 2.24) is 0 Å². The molecule has 9 heavy (non-hydrogen) atoms. The SMILES string of the molecule is NCC12CC(Br)(CO1)C2. The lowest BCUT2D eigenvalue weighted by molar-refractivity contribution is 0.0138. The monoisotopic (exact) mass is 191 g/mol. The van der Waals surface area contributed by atoms with Crippen molar-refractivity contribution in [3.63, 3.8) is 0 Å². The van der Waals surface area contributed by atoms with Crippen LogP contribution in [0.2, 0.25) is 0 Å². The molecular weight excluding hydrogens is 182 g/mol. The van der Waals surface area contributed by atoms with Gasteiger partial charge in [-0.15, -0.1) is 0 Å². The summed E-state index contributed by atoms with van der Waals surface area (Å²) in [5.41, 5.74) is 5.59. The van der Waals surface area contributed by atoms with Gasteiger partial charge in [0.25, 0.3) is 0 Å². The highest BCUT2D eigenvalue weighted by atomic mass is 79.9. The lowest BCUT2D eigenvalue weighted by Crippen LogP contribution is -2.49. The summed E-state index contributed by atoms with van der Waals surface area (Å²) < 4.78 is 5.81. The molecule has 2 nitrogen and oxygen atoms in total. The van der Waals surface area contributed by atoms with E-state index in [1.54, 1.807) is 0 Å². The smallest absolute Gasteiger partial charge is 0.0833 e. The minimum absolute atomic E-state index is 0.0729. The van der Waals surface area contributed by atoms with Crippen molar-refractivity contribution in [2.24, 2.45) is 5.73 Å². The van der Waals surface area contributed by atoms with Gasteiger partial charge in [0.05, 0.1) is 16.5 Å². The molecule has 2 N–H and O–H groups in total. The summed E-state index contributed by atoms with van der Waals surface area (Å²) in [5, 5.41) is 0. The van der Waals surface area contributed by atoms with Crippen LogP contribution in [0, 0.1) is 0 Å². The van der Waals surface area contributed by atoms with Crippen molar-refractivity contribution in [3.8, 4) is 0 Å². The van der Waals surface area contributed by atoms with Crippen LogP contribution in [-0.2, 0) is 4.74 Å². The lowest BCUT2D eigenvalue weighted by Gasteiger charge is -2.39. The van der Waals surface area contributed by atoms with Gasteiger partial charge in [-0.2, -0.15) is 0 Å². The Labute approximate surface area is 62.9 Å². The van der Waals surface area contributed by atoms with E-state index in [0.29, 0.717) is 10.9 Å². The Hall–Kier alpha value is 0.400. The molecule has 0 aromatic heterocycles. The maximum absolute atomic E-state index is 5.52. The van der Waals surface area contributed by atoms with Crippen molar-refractivity contribution in [2.45, 2.75) is 22.8 Å². The van der Waals surface area contributed by atoms with E-state index in [1.807, 2.05) is 0 Å². The molecule has 2 saturated heterocycles. The fraction of sp³-hybridized carbons (Fsp3) is 1.00. The van der Waals surface area contributed by atoms with E-state index in [4.69, 9.17) is 10.5 Å². The minimum Gasteiger partial charge on any atom is -0.372 e. The molecule has 2 bridgehead atoms. The molecule has 0 spiro atoms. The lowest BCUT2D eigenvalue weighted by atomic mass is 9.74. The van der Waals surface area contributed by atoms with E-state index in [1.165, 1.54) is 0 Å². The van der Waals surface area contributed by atoms with E-state index in [0.717, 1.165) is 19.4 Å². The summed E-state index contributed by atoms with van der Waals surface area (Å²) in [6, 6.07) is 0. The average molecular weight is 192 g/mol. The summed E-state index contributed by atoms with van der Waals surface area (Å²) in [7, 11) is 0. The third-order valence-corrected chi connectivity index (χ3v) is 3.08. The van der Waals surface area contributed by atoms with Crippen LogP contribution in [0.4, 0.5) is 0 Å². The Morgan fingerprint density at radius 3 is 2.44 bits per heavy atom. The first kappa shape index (κ1) is 6.13. The van der Waals surface area contributed by atoms with Crippen LogP contribution in [0.25, 0.3) is 0 Å². The summed E-state index contributed by atoms with van der Waals surface area (Å²) in [5.74, 6) is 0. The van der Waals surface area contributed by atoms with Crippen LogP contribution in [0.15, 0.2) is 0 Å². The second-order valence-corrected chi connectivity index (χ2v) is 4.86. The maximum atomic E-state index is 5.52. The second-order valence-electron chi connectivity index (χ2n) is 3.18. The first-order valence-electron chi connectivity index (χ1n) is 3.21. The van der Waals surface area contributed by atoms with Gasteiger partial charge in [-0.05, 0) is 12.8 Å². The summed E-state index contributed by atoms with van der Waals surface area (Å²) in [6.07, 6.45) is 2.22. The second kappa shape index (κ2) is 1.52. The zero-order valence-electron chi connectivity index (χ0n) is 5.19. The van der Waals surface area contributed by atoms with E-state index >= 15 is 0 Å². The molecule has 0 amide bonds. The molecule has 2 heterocycles. The molecule has 3 fully saturated rings. The predicted octanol–water partition coefficient (Wildman–Crippen LogP) is 0.642. The summed E-state index contributed by atoms with van der Waals surface area (Å²) in [6.45, 7) is 1.53. The van der Waals surface area contributed by atoms with Gasteiger partial charge in [0.1, 0.15) is 0 Å². The number of halogens is 1. The quantitative estimate of drug-likeness (QED) is 0.619. The number of fused-ring (bicyclic) bond motifs is 1. The van der Waals surface area contributed by atoms with Crippen LogP contribution in [0.3, 0.4) is 0 Å². The van der Waals surface area contributed by atoms with Gasteiger partial charge < -0.3 is 10.5 Å². The summed E-state index contributed by atoms with van der Waals surface area (Å²) in [4.78, 5) is 0. The molecule has 1 aliphatic carbocycles. The first-order valence-corrected chi connectivity index (χ1v) is 4.00. The van der Waals surface area contributed by atoms with Crippen molar-refractivity contribution < 1.29 is 4.74 Å². The normalized spacial score (nSPS) is 55.3. The van der Waals surface area contributed by atoms with Gasteiger partial charge in [0, 0.05) is 6.54 Å². The number of hydrogen-bond donors (Lipinski definition) is 1. The maximum Gasteiger partial charge on any atom is 0.0833 e. The predicted molar refractivity (Wildman–Crippen MR) is 38.6 cm³/mol. The van der Waals surface area contributed by atoms with Crippen molar-refractivity contribution in [3.05, 3.63) is 0 Å². The molecule has 3 rings (SSSR count). The third-order valence-electron chi connectivity index (χ3n) is 2.29. The van der Waals surface area contributed by atoms with Gasteiger partial charge >= 0.3 is 0 Å². The number of ether oxygens (including phenoxy) is 1. The standard InChI is InChI=1S/C6H10BrNO/c7-5-1-6(2-5,3-8)9-4-5/h1-4,8H2. The molecule has 2 aliphatic heterocycles. The van der Waals surface area contributed by atoms with Gasteiger partial charge in [0.15, 0.2) is 0 Å². The van der Waals surface area contributed by atoms with E-state index in [9.17, 15) is 0 Å². The Morgan fingerprint density at radius 1 is 1.56 bits per heavy atom. The Morgan fingerprint density at radius 2 is 2.22 bits per heavy atom. The zero-order valence-corrected chi connectivity index (χ0v) is 6.78. The highest BCUT2D eigenvalue weighted by molar-refractivity contribution is 9.10. The van der Waals surface area contributed by atoms with Crippen LogP contribution in [0.1, 0.15) is 12.8 Å². The zero-order chi connectivity index (χ0) is 6.54. The molecule has 0 radical (unpaired) electrons. The van der Waals surface area contributed by atoms with Crippen LogP contribution in [0.5, 0.6) is 0 Å². The third kappa shape index (κ3) is 0.686. The molecular formula is C6H10BrNO. The Kier molecular flexibility index (Phi) is 1.04. The summed E-state index contributed by atoms with van der Waals surface area (Å²) >= 11 is 3.60. The highest BCUT2D eigenvalue weighted by Gasteiger charge is 2.60. The van der Waals surface area contributed by atoms with Crippen LogP contribution < -0.4 is 5.73 Å². The van der Waals surface area contributed by atoms with Gasteiger partial charge in [-0.3, -0.25) is 0 Å². The highest BCUT2D eigenvalue weighted by Crippen LogP contribution is 2.55. The minimum atomic E-state index is 0.0729. The number of nitrogens with two attached hydrogens (primary N) is 1. The van der Waals surface area contributed by atoms with Crippen molar-refractivity contribution >= 4 is 15.9 Å². The van der Waals surface area contributed by atoms with Gasteiger partial charge in [-0.25, -0.2) is 0 Å². The number of rotatable bonds is 1. The van der Waals surface area contributed by atoms with E-state index in [-0.39, 0.29) is 5.60 Å². The molecule has 52 valence electrons. The van der Waals surface area contributed by atoms with Crippen LogP contribution >= 0.6 is 15.9 Å². The average Bonchev–Trinajstić information content (AvgIpc) is 2.20. The Bertz CT molecular complexity index is 142. The van der Waals surface area contributed by atoms with Crippen molar-refractivity contribution in [2.75, 3.05) is 13.2 Å². The number of alkyl halides is 1. The van der Waals surface area contributed by atoms with E-state index in [2.05, 4.69) is 15.9 Å². The molecule has 3 aliphatic rings. The molecule has 0 aromatic rings. The molecule has 1 saturated carbocycles. The first-order chi connectivity index (χ1) is 4.18.